The monoisotopic (exact) mass is 287 g/mol. The van der Waals surface area contributed by atoms with Crippen LogP contribution in [0.5, 0.6) is 5.75 Å². The minimum atomic E-state index is -0.405. The van der Waals surface area contributed by atoms with Gasteiger partial charge in [-0.25, -0.2) is 4.39 Å². The predicted molar refractivity (Wildman–Crippen MR) is 78.3 cm³/mol. The maximum absolute atomic E-state index is 13.4. The third-order valence-corrected chi connectivity index (χ3v) is 3.75. The zero-order valence-electron chi connectivity index (χ0n) is 11.7. The highest BCUT2D eigenvalue weighted by Gasteiger charge is 2.24. The van der Waals surface area contributed by atoms with E-state index in [0.29, 0.717) is 6.54 Å². The van der Waals surface area contributed by atoms with Crippen LogP contribution in [0.25, 0.3) is 0 Å². The van der Waals surface area contributed by atoms with Gasteiger partial charge in [0.25, 0.3) is 0 Å². The summed E-state index contributed by atoms with van der Waals surface area (Å²) in [6.45, 7) is 3.22. The molecule has 2 heterocycles. The van der Waals surface area contributed by atoms with E-state index >= 15 is 0 Å². The third-order valence-electron chi connectivity index (χ3n) is 3.75. The molecule has 0 amide bonds. The van der Waals surface area contributed by atoms with Gasteiger partial charge < -0.3 is 10.4 Å². The largest absolute Gasteiger partial charge is 0.508 e. The number of hydrogen-bond acceptors (Lipinski definition) is 4. The van der Waals surface area contributed by atoms with Crippen LogP contribution in [0.3, 0.4) is 0 Å². The highest BCUT2D eigenvalue weighted by atomic mass is 19.1. The van der Waals surface area contributed by atoms with Gasteiger partial charge in [-0.3, -0.25) is 9.88 Å². The fourth-order valence-corrected chi connectivity index (χ4v) is 2.80. The van der Waals surface area contributed by atoms with E-state index < -0.39 is 5.82 Å². The van der Waals surface area contributed by atoms with Crippen molar-refractivity contribution in [3.8, 4) is 5.75 Å². The van der Waals surface area contributed by atoms with Crippen molar-refractivity contribution in [2.75, 3.05) is 19.6 Å². The van der Waals surface area contributed by atoms with Crippen molar-refractivity contribution < 1.29 is 9.50 Å². The molecule has 1 atom stereocenters. The molecule has 110 valence electrons. The van der Waals surface area contributed by atoms with Crippen molar-refractivity contribution in [3.05, 3.63) is 59.7 Å². The number of piperazine rings is 1. The Balaban J connectivity index is 1.81. The van der Waals surface area contributed by atoms with Crippen LogP contribution in [0.15, 0.2) is 42.7 Å². The molecule has 0 bridgehead atoms. The molecule has 1 aromatic heterocycles. The Morgan fingerprint density at radius 1 is 1.38 bits per heavy atom. The van der Waals surface area contributed by atoms with Gasteiger partial charge >= 0.3 is 0 Å². The average molecular weight is 287 g/mol. The van der Waals surface area contributed by atoms with E-state index in [4.69, 9.17) is 0 Å². The van der Waals surface area contributed by atoms with E-state index in [9.17, 15) is 9.50 Å². The zero-order chi connectivity index (χ0) is 14.7. The van der Waals surface area contributed by atoms with Crippen molar-refractivity contribution >= 4 is 0 Å². The first-order valence-corrected chi connectivity index (χ1v) is 7.05. The lowest BCUT2D eigenvalue weighted by molar-refractivity contribution is 0.153. The van der Waals surface area contributed by atoms with Crippen molar-refractivity contribution in [1.82, 2.24) is 15.2 Å². The number of pyridine rings is 1. The first kappa shape index (κ1) is 14.0. The van der Waals surface area contributed by atoms with Crippen LogP contribution in [0.1, 0.15) is 17.2 Å². The van der Waals surface area contributed by atoms with Gasteiger partial charge in [0.15, 0.2) is 0 Å². The zero-order valence-corrected chi connectivity index (χ0v) is 11.7. The molecule has 0 saturated carbocycles. The van der Waals surface area contributed by atoms with E-state index in [1.807, 2.05) is 12.3 Å². The van der Waals surface area contributed by atoms with E-state index in [1.54, 1.807) is 12.3 Å². The second-order valence-electron chi connectivity index (χ2n) is 5.29. The number of aromatic nitrogens is 1. The first-order chi connectivity index (χ1) is 10.2. The van der Waals surface area contributed by atoms with Gasteiger partial charge in [0.1, 0.15) is 11.6 Å². The smallest absolute Gasteiger partial charge is 0.127 e. The average Bonchev–Trinajstić information content (AvgIpc) is 2.48. The molecule has 0 radical (unpaired) electrons. The fourth-order valence-electron chi connectivity index (χ4n) is 2.80. The molecular weight excluding hydrogens is 269 g/mol. The second kappa shape index (κ2) is 6.20. The Bertz CT molecular complexity index is 585. The molecule has 4 nitrogen and oxygen atoms in total. The Hall–Kier alpha value is -1.98. The molecule has 0 spiro atoms. The van der Waals surface area contributed by atoms with E-state index in [1.165, 1.54) is 6.07 Å². The quantitative estimate of drug-likeness (QED) is 0.907. The molecule has 1 aliphatic heterocycles. The van der Waals surface area contributed by atoms with Crippen LogP contribution < -0.4 is 5.32 Å². The van der Waals surface area contributed by atoms with Gasteiger partial charge in [-0.2, -0.15) is 0 Å². The number of benzene rings is 1. The summed E-state index contributed by atoms with van der Waals surface area (Å²) in [6, 6.07) is 8.40. The van der Waals surface area contributed by atoms with Crippen LogP contribution >= 0.6 is 0 Å². The minimum absolute atomic E-state index is 0.0296. The molecule has 2 aromatic rings. The van der Waals surface area contributed by atoms with Gasteiger partial charge in [0.2, 0.25) is 0 Å². The van der Waals surface area contributed by atoms with Crippen molar-refractivity contribution in [1.29, 1.82) is 0 Å². The van der Waals surface area contributed by atoms with Crippen LogP contribution in [0.2, 0.25) is 0 Å². The number of nitrogens with one attached hydrogen (secondary N) is 1. The maximum Gasteiger partial charge on any atom is 0.127 e. The summed E-state index contributed by atoms with van der Waals surface area (Å²) in [5.74, 6) is -0.434. The van der Waals surface area contributed by atoms with Gasteiger partial charge in [-0.1, -0.05) is 6.07 Å². The molecule has 1 aromatic carbocycles. The van der Waals surface area contributed by atoms with Gasteiger partial charge in [0.05, 0.1) is 0 Å². The number of rotatable bonds is 3. The standard InChI is InChI=1S/C16H18FN3O/c17-14-6-12(7-15(21)8-14)11-20-5-4-19-10-16(20)13-2-1-3-18-9-13/h1-3,6-9,16,19,21H,4-5,10-11H2. The number of halogens is 1. The molecule has 3 rings (SSSR count). The number of hydrogen-bond donors (Lipinski definition) is 2. The molecule has 2 N–H and O–H groups in total. The molecule has 1 aliphatic rings. The van der Waals surface area contributed by atoms with E-state index in [0.717, 1.165) is 36.8 Å². The third kappa shape index (κ3) is 3.37. The number of nitrogens with zero attached hydrogens (tertiary/aromatic N) is 2. The van der Waals surface area contributed by atoms with Crippen molar-refractivity contribution in [2.24, 2.45) is 0 Å². The lowest BCUT2D eigenvalue weighted by Crippen LogP contribution is -2.45. The van der Waals surface area contributed by atoms with Crippen molar-refractivity contribution in [3.63, 3.8) is 0 Å². The van der Waals surface area contributed by atoms with E-state index in [2.05, 4.69) is 21.3 Å². The highest BCUT2D eigenvalue weighted by Crippen LogP contribution is 2.25. The number of phenols is 1. The maximum atomic E-state index is 13.4. The lowest BCUT2D eigenvalue weighted by atomic mass is 10.0. The summed E-state index contributed by atoms with van der Waals surface area (Å²) in [5, 5.41) is 12.9. The summed E-state index contributed by atoms with van der Waals surface area (Å²) in [6.07, 6.45) is 3.63. The van der Waals surface area contributed by atoms with Crippen LogP contribution in [-0.2, 0) is 6.54 Å². The minimum Gasteiger partial charge on any atom is -0.508 e. The molecule has 1 fully saturated rings. The molecule has 1 saturated heterocycles. The Kier molecular flexibility index (Phi) is 4.13. The summed E-state index contributed by atoms with van der Waals surface area (Å²) < 4.78 is 13.4. The Morgan fingerprint density at radius 3 is 3.05 bits per heavy atom. The molecule has 5 heteroatoms. The highest BCUT2D eigenvalue weighted by molar-refractivity contribution is 5.28. The molecular formula is C16H18FN3O. The molecule has 1 unspecified atom stereocenters. The van der Waals surface area contributed by atoms with Crippen LogP contribution in [-0.4, -0.2) is 34.6 Å². The molecule has 21 heavy (non-hydrogen) atoms. The SMILES string of the molecule is Oc1cc(F)cc(CN2CCNCC2c2cccnc2)c1. The summed E-state index contributed by atoms with van der Waals surface area (Å²) >= 11 is 0. The Morgan fingerprint density at radius 2 is 2.29 bits per heavy atom. The number of phenolic OH excluding ortho intramolecular Hbond substituents is 1. The Labute approximate surface area is 123 Å². The normalized spacial score (nSPS) is 19.6. The first-order valence-electron chi connectivity index (χ1n) is 7.05. The van der Waals surface area contributed by atoms with Crippen LogP contribution in [0.4, 0.5) is 4.39 Å². The number of aromatic hydroxyl groups is 1. The van der Waals surface area contributed by atoms with Gasteiger partial charge in [-0.05, 0) is 29.3 Å². The van der Waals surface area contributed by atoms with Gasteiger partial charge in [-0.15, -0.1) is 0 Å². The van der Waals surface area contributed by atoms with Crippen LogP contribution in [0, 0.1) is 5.82 Å². The summed E-state index contributed by atoms with van der Waals surface area (Å²) in [5.41, 5.74) is 1.92. The topological polar surface area (TPSA) is 48.4 Å². The van der Waals surface area contributed by atoms with E-state index in [-0.39, 0.29) is 11.8 Å². The lowest BCUT2D eigenvalue weighted by Gasteiger charge is -2.36. The van der Waals surface area contributed by atoms with Gasteiger partial charge in [0, 0.05) is 50.7 Å². The molecule has 0 aliphatic carbocycles. The summed E-state index contributed by atoms with van der Waals surface area (Å²) in [7, 11) is 0. The fraction of sp³-hybridized carbons (Fsp3) is 0.312. The summed E-state index contributed by atoms with van der Waals surface area (Å²) in [4.78, 5) is 6.45. The predicted octanol–water partition coefficient (Wildman–Crippen LogP) is 2.07. The van der Waals surface area contributed by atoms with Crippen molar-refractivity contribution in [2.45, 2.75) is 12.6 Å². The second-order valence-corrected chi connectivity index (χ2v) is 5.29.